The molecule has 2 aliphatic rings. The van der Waals surface area contributed by atoms with Crippen LogP contribution in [0.4, 0.5) is 0 Å². The molecule has 2 amide bonds. The van der Waals surface area contributed by atoms with Crippen LogP contribution >= 0.6 is 0 Å². The average molecular weight is 365 g/mol. The summed E-state index contributed by atoms with van der Waals surface area (Å²) in [5.41, 5.74) is 4.20. The van der Waals surface area contributed by atoms with E-state index in [4.69, 9.17) is 0 Å². The number of hydrogen-bond acceptors (Lipinski definition) is 2. The van der Waals surface area contributed by atoms with Crippen LogP contribution in [0.1, 0.15) is 40.1 Å². The highest BCUT2D eigenvalue weighted by Crippen LogP contribution is 2.46. The number of nitrogens with zero attached hydrogens (tertiary/aromatic N) is 3. The van der Waals surface area contributed by atoms with Crippen molar-refractivity contribution >= 4 is 11.8 Å². The number of rotatable bonds is 2. The number of aromatic nitrogens is 1. The van der Waals surface area contributed by atoms with E-state index in [0.717, 1.165) is 24.3 Å². The monoisotopic (exact) mass is 365 g/mol. The molecule has 3 heterocycles. The van der Waals surface area contributed by atoms with Crippen molar-refractivity contribution in [3.05, 3.63) is 58.9 Å². The molecule has 2 aromatic rings. The number of benzene rings is 1. The zero-order valence-electron chi connectivity index (χ0n) is 16.5. The van der Waals surface area contributed by atoms with Crippen LogP contribution in [0.2, 0.25) is 0 Å². The average Bonchev–Trinajstić information content (AvgIpc) is 3.29. The minimum Gasteiger partial charge on any atom is -0.354 e. The summed E-state index contributed by atoms with van der Waals surface area (Å²) in [5.74, 6) is 0.865. The number of carbonyl (C=O) groups excluding carboxylic acids is 2. The lowest BCUT2D eigenvalue weighted by Gasteiger charge is -2.30. The first kappa shape index (κ1) is 17.8. The molecule has 27 heavy (non-hydrogen) atoms. The highest BCUT2D eigenvalue weighted by atomic mass is 16.2. The molecule has 0 unspecified atom stereocenters. The molecule has 5 heteroatoms. The van der Waals surface area contributed by atoms with Gasteiger partial charge in [0.2, 0.25) is 5.91 Å². The fourth-order valence-corrected chi connectivity index (χ4v) is 4.86. The first-order chi connectivity index (χ1) is 12.9. The minimum atomic E-state index is 0.0587. The molecule has 0 aliphatic carbocycles. The minimum absolute atomic E-state index is 0.0587. The summed E-state index contributed by atoms with van der Waals surface area (Å²) in [4.78, 5) is 29.4. The van der Waals surface area contributed by atoms with E-state index in [1.165, 1.54) is 11.1 Å². The normalized spacial score (nSPS) is 24.4. The standard InChI is InChI=1S/C22H27N3O2/c1-14-7-5-6-8-18(14)21-20-13-24(11-17(20)12-25(21)16(3)26)22(27)19-9-10-23(4)15(19)2/h5-10,17,20-21H,11-13H2,1-4H3/t17-,20-,21-/m1/s1. The summed E-state index contributed by atoms with van der Waals surface area (Å²) in [6, 6.07) is 10.3. The molecule has 0 saturated carbocycles. The lowest BCUT2D eigenvalue weighted by atomic mass is 9.87. The summed E-state index contributed by atoms with van der Waals surface area (Å²) in [5, 5.41) is 0. The van der Waals surface area contributed by atoms with Crippen LogP contribution in [0, 0.1) is 25.7 Å². The Balaban J connectivity index is 1.62. The zero-order chi connectivity index (χ0) is 19.3. The fraction of sp³-hybridized carbons (Fsp3) is 0.455. The Kier molecular flexibility index (Phi) is 4.33. The van der Waals surface area contributed by atoms with E-state index in [1.807, 2.05) is 52.7 Å². The molecule has 2 fully saturated rings. The van der Waals surface area contributed by atoms with Gasteiger partial charge >= 0.3 is 0 Å². The van der Waals surface area contributed by atoms with Gasteiger partial charge in [-0.1, -0.05) is 24.3 Å². The third kappa shape index (κ3) is 2.85. The van der Waals surface area contributed by atoms with Crippen LogP contribution in [-0.2, 0) is 11.8 Å². The van der Waals surface area contributed by atoms with Crippen LogP contribution in [0.25, 0.3) is 0 Å². The Morgan fingerprint density at radius 2 is 1.78 bits per heavy atom. The van der Waals surface area contributed by atoms with Gasteiger partial charge in [-0.15, -0.1) is 0 Å². The van der Waals surface area contributed by atoms with Gasteiger partial charge in [0, 0.05) is 57.3 Å². The third-order valence-electron chi connectivity index (χ3n) is 6.48. The van der Waals surface area contributed by atoms with Crippen molar-refractivity contribution in [3.8, 4) is 0 Å². The molecular weight excluding hydrogens is 338 g/mol. The predicted molar refractivity (Wildman–Crippen MR) is 104 cm³/mol. The molecule has 2 aliphatic heterocycles. The molecule has 0 N–H and O–H groups in total. The molecule has 4 rings (SSSR count). The van der Waals surface area contributed by atoms with Gasteiger partial charge in [-0.25, -0.2) is 0 Å². The molecule has 0 spiro atoms. The molecule has 0 radical (unpaired) electrons. The molecule has 142 valence electrons. The fourth-order valence-electron chi connectivity index (χ4n) is 4.86. The lowest BCUT2D eigenvalue weighted by molar-refractivity contribution is -0.130. The molecule has 0 bridgehead atoms. The molecule has 3 atom stereocenters. The number of hydrogen-bond donors (Lipinski definition) is 0. The van der Waals surface area contributed by atoms with Gasteiger partial charge in [-0.2, -0.15) is 0 Å². The van der Waals surface area contributed by atoms with E-state index >= 15 is 0 Å². The van der Waals surface area contributed by atoms with Crippen molar-refractivity contribution in [2.24, 2.45) is 18.9 Å². The van der Waals surface area contributed by atoms with Gasteiger partial charge in [-0.05, 0) is 31.0 Å². The topological polar surface area (TPSA) is 45.6 Å². The molecule has 2 saturated heterocycles. The van der Waals surface area contributed by atoms with Gasteiger partial charge in [0.25, 0.3) is 5.91 Å². The van der Waals surface area contributed by atoms with Crippen molar-refractivity contribution in [1.82, 2.24) is 14.4 Å². The highest BCUT2D eigenvalue weighted by Gasteiger charge is 2.49. The van der Waals surface area contributed by atoms with Crippen molar-refractivity contribution in [2.75, 3.05) is 19.6 Å². The molecule has 1 aromatic heterocycles. The highest BCUT2D eigenvalue weighted by molar-refractivity contribution is 5.95. The number of amides is 2. The van der Waals surface area contributed by atoms with Gasteiger partial charge in [0.15, 0.2) is 0 Å². The maximum atomic E-state index is 13.1. The maximum absolute atomic E-state index is 13.1. The van der Waals surface area contributed by atoms with E-state index in [1.54, 1.807) is 6.92 Å². The van der Waals surface area contributed by atoms with Crippen LogP contribution in [0.3, 0.4) is 0 Å². The van der Waals surface area contributed by atoms with Crippen molar-refractivity contribution in [3.63, 3.8) is 0 Å². The number of carbonyl (C=O) groups is 2. The van der Waals surface area contributed by atoms with Crippen LogP contribution < -0.4 is 0 Å². The van der Waals surface area contributed by atoms with Crippen molar-refractivity contribution in [1.29, 1.82) is 0 Å². The van der Waals surface area contributed by atoms with Crippen LogP contribution in [0.5, 0.6) is 0 Å². The first-order valence-electron chi connectivity index (χ1n) is 9.62. The summed E-state index contributed by atoms with van der Waals surface area (Å²) < 4.78 is 1.98. The van der Waals surface area contributed by atoms with E-state index in [9.17, 15) is 9.59 Å². The Morgan fingerprint density at radius 3 is 2.41 bits per heavy atom. The van der Waals surface area contributed by atoms with E-state index in [0.29, 0.717) is 18.4 Å². The van der Waals surface area contributed by atoms with Crippen LogP contribution in [0.15, 0.2) is 36.5 Å². The van der Waals surface area contributed by atoms with E-state index < -0.39 is 0 Å². The second kappa shape index (κ2) is 6.55. The zero-order valence-corrected chi connectivity index (χ0v) is 16.5. The predicted octanol–water partition coefficient (Wildman–Crippen LogP) is 2.93. The maximum Gasteiger partial charge on any atom is 0.255 e. The van der Waals surface area contributed by atoms with Gasteiger partial charge in [0.1, 0.15) is 0 Å². The van der Waals surface area contributed by atoms with Gasteiger partial charge in [-0.3, -0.25) is 9.59 Å². The Labute approximate surface area is 160 Å². The second-order valence-electron chi connectivity index (χ2n) is 8.03. The first-order valence-corrected chi connectivity index (χ1v) is 9.62. The summed E-state index contributed by atoms with van der Waals surface area (Å²) in [7, 11) is 1.96. The smallest absolute Gasteiger partial charge is 0.255 e. The quantitative estimate of drug-likeness (QED) is 0.821. The van der Waals surface area contributed by atoms with Crippen molar-refractivity contribution in [2.45, 2.75) is 26.8 Å². The summed E-state index contributed by atoms with van der Waals surface area (Å²) in [6.45, 7) is 7.91. The van der Waals surface area contributed by atoms with Gasteiger partial charge < -0.3 is 14.4 Å². The van der Waals surface area contributed by atoms with E-state index in [-0.39, 0.29) is 17.9 Å². The third-order valence-corrected chi connectivity index (χ3v) is 6.48. The van der Waals surface area contributed by atoms with Gasteiger partial charge in [0.05, 0.1) is 11.6 Å². The lowest BCUT2D eigenvalue weighted by Crippen LogP contribution is -2.36. The van der Waals surface area contributed by atoms with E-state index in [2.05, 4.69) is 19.1 Å². The molecule has 1 aromatic carbocycles. The molecule has 5 nitrogen and oxygen atoms in total. The largest absolute Gasteiger partial charge is 0.354 e. The Hall–Kier alpha value is -2.56. The summed E-state index contributed by atoms with van der Waals surface area (Å²) >= 11 is 0. The number of likely N-dealkylation sites (tertiary alicyclic amines) is 2. The number of aryl methyl sites for hydroxylation is 2. The Morgan fingerprint density at radius 1 is 1.04 bits per heavy atom. The second-order valence-corrected chi connectivity index (χ2v) is 8.03. The molecular formula is C22H27N3O2. The van der Waals surface area contributed by atoms with Crippen LogP contribution in [-0.4, -0.2) is 45.8 Å². The number of fused-ring (bicyclic) bond motifs is 1. The van der Waals surface area contributed by atoms with Crippen molar-refractivity contribution < 1.29 is 9.59 Å². The Bertz CT molecular complexity index is 901. The SMILES string of the molecule is CC(=O)N1C[C@H]2CN(C(=O)c3ccn(C)c3C)C[C@H]2[C@H]1c1ccccc1C. The summed E-state index contributed by atoms with van der Waals surface area (Å²) in [6.07, 6.45) is 1.94.